The zero-order valence-corrected chi connectivity index (χ0v) is 12.9. The van der Waals surface area contributed by atoms with E-state index in [1.165, 1.54) is 18.9 Å². The van der Waals surface area contributed by atoms with E-state index in [9.17, 15) is 4.39 Å². The molecule has 1 atom stereocenters. The van der Waals surface area contributed by atoms with Crippen LogP contribution in [0.4, 0.5) is 4.39 Å². The first-order chi connectivity index (χ1) is 11.3. The van der Waals surface area contributed by atoms with Crippen LogP contribution in [-0.2, 0) is 6.42 Å². The van der Waals surface area contributed by atoms with Gasteiger partial charge in [-0.25, -0.2) is 14.4 Å². The number of nitrogens with zero attached hydrogens (tertiary/aromatic N) is 3. The molecule has 23 heavy (non-hydrogen) atoms. The lowest BCUT2D eigenvalue weighted by atomic mass is 10.0. The molecule has 4 rings (SSSR count). The van der Waals surface area contributed by atoms with E-state index < -0.39 is 0 Å². The van der Waals surface area contributed by atoms with Crippen molar-refractivity contribution in [1.82, 2.24) is 19.9 Å². The highest BCUT2D eigenvalue weighted by molar-refractivity contribution is 5.73. The molecule has 1 fully saturated rings. The number of fused-ring (bicyclic) bond motifs is 1. The highest BCUT2D eigenvalue weighted by atomic mass is 19.1. The minimum absolute atomic E-state index is 0.254. The number of nitrogens with one attached hydrogen (secondary N) is 1. The number of rotatable bonds is 3. The van der Waals surface area contributed by atoms with E-state index in [-0.39, 0.29) is 5.82 Å². The average Bonchev–Trinajstić information content (AvgIpc) is 2.94. The highest BCUT2D eigenvalue weighted by Gasteiger charge is 2.20. The van der Waals surface area contributed by atoms with Crippen molar-refractivity contribution < 1.29 is 4.39 Å². The van der Waals surface area contributed by atoms with E-state index >= 15 is 0 Å². The van der Waals surface area contributed by atoms with Crippen LogP contribution in [0.15, 0.2) is 42.6 Å². The molecule has 1 aliphatic rings. The molecule has 3 aromatic rings. The van der Waals surface area contributed by atoms with Gasteiger partial charge in [0.25, 0.3) is 0 Å². The molecule has 0 spiro atoms. The fraction of sp³-hybridized carbons (Fsp3) is 0.333. The Bertz CT molecular complexity index is 821. The van der Waals surface area contributed by atoms with Gasteiger partial charge in [0.2, 0.25) is 0 Å². The van der Waals surface area contributed by atoms with Crippen LogP contribution in [0.3, 0.4) is 0 Å². The predicted octanol–water partition coefficient (Wildman–Crippen LogP) is 3.24. The zero-order valence-electron chi connectivity index (χ0n) is 12.9. The van der Waals surface area contributed by atoms with Gasteiger partial charge in [-0.15, -0.1) is 0 Å². The lowest BCUT2D eigenvalue weighted by molar-refractivity contribution is 0.393. The van der Waals surface area contributed by atoms with E-state index in [0.29, 0.717) is 17.4 Å². The quantitative estimate of drug-likeness (QED) is 0.807. The summed E-state index contributed by atoms with van der Waals surface area (Å²) >= 11 is 0. The van der Waals surface area contributed by atoms with Gasteiger partial charge in [-0.3, -0.25) is 4.57 Å². The third-order valence-corrected chi connectivity index (χ3v) is 4.42. The van der Waals surface area contributed by atoms with E-state index in [4.69, 9.17) is 4.98 Å². The van der Waals surface area contributed by atoms with Crippen LogP contribution in [0.2, 0.25) is 0 Å². The van der Waals surface area contributed by atoms with E-state index in [2.05, 4.69) is 10.3 Å². The molecule has 4 nitrogen and oxygen atoms in total. The normalized spacial score (nSPS) is 18.4. The molecule has 1 aromatic carbocycles. The number of hydrogen-bond donors (Lipinski definition) is 1. The number of hydrogen-bond acceptors (Lipinski definition) is 3. The third kappa shape index (κ3) is 2.72. The van der Waals surface area contributed by atoms with Crippen molar-refractivity contribution in [2.75, 3.05) is 6.54 Å². The molecular weight excluding hydrogens is 291 g/mol. The number of aromatic nitrogens is 3. The van der Waals surface area contributed by atoms with Crippen LogP contribution < -0.4 is 5.32 Å². The molecule has 0 aliphatic carbocycles. The Hall–Kier alpha value is -2.27. The summed E-state index contributed by atoms with van der Waals surface area (Å²) in [6.45, 7) is 1.04. The Morgan fingerprint density at radius 3 is 2.91 bits per heavy atom. The van der Waals surface area contributed by atoms with Crippen LogP contribution in [0, 0.1) is 5.82 Å². The largest absolute Gasteiger partial charge is 0.314 e. The second kappa shape index (κ2) is 6.08. The predicted molar refractivity (Wildman–Crippen MR) is 88.2 cm³/mol. The summed E-state index contributed by atoms with van der Waals surface area (Å²) in [4.78, 5) is 9.14. The van der Waals surface area contributed by atoms with Crippen molar-refractivity contribution in [2.45, 2.75) is 31.7 Å². The van der Waals surface area contributed by atoms with Crippen molar-refractivity contribution in [3.63, 3.8) is 0 Å². The minimum Gasteiger partial charge on any atom is -0.314 e. The lowest BCUT2D eigenvalue weighted by Gasteiger charge is -2.23. The van der Waals surface area contributed by atoms with E-state index in [1.807, 2.05) is 22.8 Å². The van der Waals surface area contributed by atoms with Gasteiger partial charge >= 0.3 is 0 Å². The van der Waals surface area contributed by atoms with E-state index in [0.717, 1.165) is 30.7 Å². The molecule has 0 saturated carbocycles. The molecule has 3 heterocycles. The molecule has 5 heteroatoms. The number of piperidine rings is 1. The number of halogens is 1. The van der Waals surface area contributed by atoms with Crippen LogP contribution in [-0.4, -0.2) is 27.1 Å². The Labute approximate surface area is 134 Å². The maximum absolute atomic E-state index is 14.3. The van der Waals surface area contributed by atoms with Crippen LogP contribution in [0.25, 0.3) is 16.9 Å². The van der Waals surface area contributed by atoms with Gasteiger partial charge in [-0.1, -0.05) is 18.6 Å². The van der Waals surface area contributed by atoms with Crippen LogP contribution in [0.1, 0.15) is 25.1 Å². The summed E-state index contributed by atoms with van der Waals surface area (Å²) in [5, 5.41) is 3.54. The smallest absolute Gasteiger partial charge is 0.164 e. The molecule has 0 amide bonds. The fourth-order valence-electron chi connectivity index (χ4n) is 3.30. The maximum atomic E-state index is 14.3. The van der Waals surface area contributed by atoms with Crippen molar-refractivity contribution in [2.24, 2.45) is 0 Å². The van der Waals surface area contributed by atoms with Crippen LogP contribution in [0.5, 0.6) is 0 Å². The summed E-state index contributed by atoms with van der Waals surface area (Å²) in [6.07, 6.45) is 6.10. The van der Waals surface area contributed by atoms with Crippen molar-refractivity contribution in [3.8, 4) is 5.69 Å². The van der Waals surface area contributed by atoms with Crippen LogP contribution >= 0.6 is 0 Å². The first-order valence-electron chi connectivity index (χ1n) is 8.13. The number of benzene rings is 1. The average molecular weight is 310 g/mol. The Kier molecular flexibility index (Phi) is 3.79. The Balaban J connectivity index is 1.83. The van der Waals surface area contributed by atoms with Gasteiger partial charge in [0.15, 0.2) is 5.65 Å². The summed E-state index contributed by atoms with van der Waals surface area (Å²) in [7, 11) is 0. The highest BCUT2D eigenvalue weighted by Crippen LogP contribution is 2.23. The van der Waals surface area contributed by atoms with Gasteiger partial charge in [0.1, 0.15) is 17.2 Å². The second-order valence-electron chi connectivity index (χ2n) is 6.01. The molecule has 118 valence electrons. The molecule has 1 saturated heterocycles. The number of pyridine rings is 1. The molecule has 0 radical (unpaired) electrons. The fourth-order valence-corrected chi connectivity index (χ4v) is 3.30. The van der Waals surface area contributed by atoms with E-state index in [1.54, 1.807) is 18.3 Å². The SMILES string of the molecule is Fc1ccccc1-n1c(CC2CCCCN2)nc2cccnc21. The molecule has 1 unspecified atom stereocenters. The standard InChI is InChI=1S/C18H19FN4/c19-14-7-1-2-9-16(14)23-17(12-13-6-3-4-10-20-13)22-15-8-5-11-21-18(15)23/h1-2,5,7-9,11,13,20H,3-4,6,10,12H2. The number of para-hydroxylation sites is 1. The molecular formula is C18H19FN4. The molecule has 0 bridgehead atoms. The maximum Gasteiger partial charge on any atom is 0.164 e. The van der Waals surface area contributed by atoms with Gasteiger partial charge in [0, 0.05) is 18.7 Å². The van der Waals surface area contributed by atoms with Crippen molar-refractivity contribution in [1.29, 1.82) is 0 Å². The summed E-state index contributed by atoms with van der Waals surface area (Å²) < 4.78 is 16.2. The monoisotopic (exact) mass is 310 g/mol. The molecule has 1 N–H and O–H groups in total. The van der Waals surface area contributed by atoms with Gasteiger partial charge in [0.05, 0.1) is 5.69 Å². The first kappa shape index (κ1) is 14.3. The van der Waals surface area contributed by atoms with Gasteiger partial charge < -0.3 is 5.32 Å². The van der Waals surface area contributed by atoms with Crippen molar-refractivity contribution in [3.05, 3.63) is 54.2 Å². The van der Waals surface area contributed by atoms with Gasteiger partial charge in [-0.05, 0) is 43.7 Å². The topological polar surface area (TPSA) is 42.7 Å². The number of imidazole rings is 1. The van der Waals surface area contributed by atoms with Crippen molar-refractivity contribution >= 4 is 11.2 Å². The molecule has 1 aliphatic heterocycles. The Morgan fingerprint density at radius 2 is 2.09 bits per heavy atom. The van der Waals surface area contributed by atoms with Gasteiger partial charge in [-0.2, -0.15) is 0 Å². The minimum atomic E-state index is -0.254. The summed E-state index contributed by atoms with van der Waals surface area (Å²) in [5.74, 6) is 0.610. The molecule has 2 aromatic heterocycles. The summed E-state index contributed by atoms with van der Waals surface area (Å²) in [5.41, 5.74) is 2.03. The first-order valence-corrected chi connectivity index (χ1v) is 8.13. The summed E-state index contributed by atoms with van der Waals surface area (Å²) in [6, 6.07) is 11.0. The second-order valence-corrected chi connectivity index (χ2v) is 6.01. The Morgan fingerprint density at radius 1 is 1.17 bits per heavy atom. The third-order valence-electron chi connectivity index (χ3n) is 4.42. The lowest BCUT2D eigenvalue weighted by Crippen LogP contribution is -2.36. The zero-order chi connectivity index (χ0) is 15.6.